The molecular weight excluding hydrogens is 305 g/mol. The molecule has 0 atom stereocenters. The minimum atomic E-state index is -0.341. The van der Waals surface area contributed by atoms with Crippen molar-refractivity contribution in [1.29, 1.82) is 0 Å². The van der Waals surface area contributed by atoms with Gasteiger partial charge < -0.3 is 0 Å². The van der Waals surface area contributed by atoms with Gasteiger partial charge in [-0.3, -0.25) is 8.97 Å². The van der Waals surface area contributed by atoms with Crippen molar-refractivity contribution in [3.05, 3.63) is 64.2 Å². The Bertz CT molecular complexity index is 837. The summed E-state index contributed by atoms with van der Waals surface area (Å²) in [5.74, 6) is -0.0939. The Morgan fingerprint density at radius 3 is 2.41 bits per heavy atom. The lowest BCUT2D eigenvalue weighted by atomic mass is 10.3. The Labute approximate surface area is 132 Å². The second-order valence-corrected chi connectivity index (χ2v) is 4.77. The summed E-state index contributed by atoms with van der Waals surface area (Å²) in [5, 5.41) is 0. The Balaban J connectivity index is 0.000000847. The summed E-state index contributed by atoms with van der Waals surface area (Å²) in [7, 11) is 0. The second-order valence-electron chi connectivity index (χ2n) is 4.50. The van der Waals surface area contributed by atoms with Crippen LogP contribution in [0.1, 0.15) is 25.1 Å². The smallest absolute Gasteiger partial charge is 0.269 e. The van der Waals surface area contributed by atoms with Crippen molar-refractivity contribution in [3.8, 4) is 5.69 Å². The molecule has 0 aliphatic heterocycles. The molecule has 6 heteroatoms. The Morgan fingerprint density at radius 2 is 1.82 bits per heavy atom. The molecule has 22 heavy (non-hydrogen) atoms. The standard InChI is InChI=1S/C14H11ClFN3O.C2H6/c1-9-7-18(12-4-2-10(16)3-5-12)14(20)19-8-11(6-15)17-13(9)19;1-2/h2-5,7-8H,6H2,1H3;1-2H3. The van der Waals surface area contributed by atoms with E-state index in [0.717, 1.165) is 5.56 Å². The van der Waals surface area contributed by atoms with Crippen LogP contribution in [0.15, 0.2) is 41.5 Å². The van der Waals surface area contributed by atoms with E-state index in [4.69, 9.17) is 11.6 Å². The molecular formula is C16H17ClFN3O. The predicted octanol–water partition coefficient (Wildman–Crippen LogP) is 3.70. The molecule has 0 saturated heterocycles. The highest BCUT2D eigenvalue weighted by Crippen LogP contribution is 2.12. The number of aromatic nitrogens is 3. The third kappa shape index (κ3) is 2.90. The van der Waals surface area contributed by atoms with Crippen molar-refractivity contribution < 1.29 is 4.39 Å². The highest BCUT2D eigenvalue weighted by atomic mass is 35.5. The Hall–Kier alpha value is -2.14. The highest BCUT2D eigenvalue weighted by molar-refractivity contribution is 6.16. The summed E-state index contributed by atoms with van der Waals surface area (Å²) < 4.78 is 15.9. The molecule has 116 valence electrons. The Morgan fingerprint density at radius 1 is 1.18 bits per heavy atom. The molecule has 0 aliphatic carbocycles. The van der Waals surface area contributed by atoms with Gasteiger partial charge in [0.05, 0.1) is 17.3 Å². The number of rotatable bonds is 2. The molecule has 0 unspecified atom stereocenters. The molecule has 2 heterocycles. The maximum absolute atomic E-state index is 13.0. The first kappa shape index (κ1) is 16.2. The fourth-order valence-electron chi connectivity index (χ4n) is 2.13. The number of fused-ring (bicyclic) bond motifs is 1. The summed E-state index contributed by atoms with van der Waals surface area (Å²) in [6.45, 7) is 5.86. The van der Waals surface area contributed by atoms with Crippen molar-refractivity contribution in [2.24, 2.45) is 0 Å². The summed E-state index contributed by atoms with van der Waals surface area (Å²) in [4.78, 5) is 16.7. The first-order valence-electron chi connectivity index (χ1n) is 7.02. The van der Waals surface area contributed by atoms with Gasteiger partial charge in [-0.15, -0.1) is 11.6 Å². The van der Waals surface area contributed by atoms with E-state index >= 15 is 0 Å². The van der Waals surface area contributed by atoms with Gasteiger partial charge in [0.15, 0.2) is 0 Å². The number of hydrogen-bond acceptors (Lipinski definition) is 2. The molecule has 0 bridgehead atoms. The third-order valence-corrected chi connectivity index (χ3v) is 3.36. The van der Waals surface area contributed by atoms with Gasteiger partial charge in [0.25, 0.3) is 0 Å². The number of hydrogen-bond donors (Lipinski definition) is 0. The number of benzene rings is 1. The topological polar surface area (TPSA) is 39.3 Å². The lowest BCUT2D eigenvalue weighted by molar-refractivity contribution is 0.627. The number of alkyl halides is 1. The van der Waals surface area contributed by atoms with E-state index in [1.165, 1.54) is 21.1 Å². The first-order valence-corrected chi connectivity index (χ1v) is 7.56. The molecule has 0 amide bonds. The quantitative estimate of drug-likeness (QED) is 0.675. The first-order chi connectivity index (χ1) is 10.6. The minimum absolute atomic E-state index is 0.247. The molecule has 4 nitrogen and oxygen atoms in total. The van der Waals surface area contributed by atoms with Crippen LogP contribution in [0.5, 0.6) is 0 Å². The van der Waals surface area contributed by atoms with Gasteiger partial charge in [-0.05, 0) is 31.2 Å². The average molecular weight is 322 g/mol. The fraction of sp³-hybridized carbons (Fsp3) is 0.250. The molecule has 0 aliphatic rings. The zero-order valence-electron chi connectivity index (χ0n) is 12.7. The monoisotopic (exact) mass is 321 g/mol. The van der Waals surface area contributed by atoms with Crippen molar-refractivity contribution in [2.45, 2.75) is 26.7 Å². The molecule has 0 saturated carbocycles. The van der Waals surface area contributed by atoms with E-state index in [-0.39, 0.29) is 17.4 Å². The van der Waals surface area contributed by atoms with Crippen LogP contribution in [-0.4, -0.2) is 14.0 Å². The summed E-state index contributed by atoms with van der Waals surface area (Å²) in [6.07, 6.45) is 3.31. The normalized spacial score (nSPS) is 10.4. The van der Waals surface area contributed by atoms with Gasteiger partial charge in [-0.1, -0.05) is 13.8 Å². The van der Waals surface area contributed by atoms with Crippen LogP contribution in [0.4, 0.5) is 4.39 Å². The maximum atomic E-state index is 13.0. The van der Waals surface area contributed by atoms with Crippen molar-refractivity contribution in [1.82, 2.24) is 14.0 Å². The van der Waals surface area contributed by atoms with Crippen LogP contribution >= 0.6 is 11.6 Å². The van der Waals surface area contributed by atoms with E-state index < -0.39 is 0 Å². The number of nitrogens with zero attached hydrogens (tertiary/aromatic N) is 3. The van der Waals surface area contributed by atoms with Crippen molar-refractivity contribution in [2.75, 3.05) is 0 Å². The summed E-state index contributed by atoms with van der Waals surface area (Å²) >= 11 is 5.75. The fourth-order valence-corrected chi connectivity index (χ4v) is 2.26. The molecule has 0 spiro atoms. The van der Waals surface area contributed by atoms with Gasteiger partial charge in [-0.2, -0.15) is 0 Å². The zero-order chi connectivity index (χ0) is 16.3. The lowest BCUT2D eigenvalue weighted by Crippen LogP contribution is -2.25. The molecule has 1 aromatic carbocycles. The number of halogens is 2. The van der Waals surface area contributed by atoms with Gasteiger partial charge in [0.2, 0.25) is 0 Å². The molecule has 0 N–H and O–H groups in total. The van der Waals surface area contributed by atoms with Crippen LogP contribution in [0.25, 0.3) is 11.3 Å². The van der Waals surface area contributed by atoms with E-state index in [1.54, 1.807) is 24.5 Å². The van der Waals surface area contributed by atoms with E-state index in [2.05, 4.69) is 4.98 Å². The van der Waals surface area contributed by atoms with Crippen LogP contribution in [0.3, 0.4) is 0 Å². The molecule has 3 aromatic rings. The highest BCUT2D eigenvalue weighted by Gasteiger charge is 2.10. The number of imidazole rings is 1. The largest absolute Gasteiger partial charge is 0.338 e. The molecule has 2 aromatic heterocycles. The van der Waals surface area contributed by atoms with Crippen LogP contribution < -0.4 is 5.69 Å². The Kier molecular flexibility index (Phi) is 4.98. The van der Waals surface area contributed by atoms with Crippen LogP contribution in [0.2, 0.25) is 0 Å². The van der Waals surface area contributed by atoms with E-state index in [0.29, 0.717) is 17.0 Å². The molecule has 0 radical (unpaired) electrons. The maximum Gasteiger partial charge on any atom is 0.338 e. The molecule has 0 fully saturated rings. The van der Waals surface area contributed by atoms with E-state index in [9.17, 15) is 9.18 Å². The van der Waals surface area contributed by atoms with E-state index in [1.807, 2.05) is 20.8 Å². The number of aryl methyl sites for hydroxylation is 1. The van der Waals surface area contributed by atoms with Gasteiger partial charge in [0.1, 0.15) is 11.5 Å². The lowest BCUT2D eigenvalue weighted by Gasteiger charge is -2.08. The average Bonchev–Trinajstić information content (AvgIpc) is 2.99. The van der Waals surface area contributed by atoms with Crippen molar-refractivity contribution >= 4 is 17.2 Å². The third-order valence-electron chi connectivity index (χ3n) is 3.09. The molecule has 3 rings (SSSR count). The SMILES string of the molecule is CC.Cc1cn(-c2ccc(F)cc2)c(=O)n2cc(CCl)nc12. The van der Waals surface area contributed by atoms with Crippen LogP contribution in [0, 0.1) is 12.7 Å². The van der Waals surface area contributed by atoms with Crippen LogP contribution in [-0.2, 0) is 5.88 Å². The van der Waals surface area contributed by atoms with Gasteiger partial charge in [-0.25, -0.2) is 14.2 Å². The van der Waals surface area contributed by atoms with Gasteiger partial charge >= 0.3 is 5.69 Å². The van der Waals surface area contributed by atoms with Crippen molar-refractivity contribution in [3.63, 3.8) is 0 Å². The van der Waals surface area contributed by atoms with Gasteiger partial charge in [0, 0.05) is 18.0 Å². The summed E-state index contributed by atoms with van der Waals surface area (Å²) in [6, 6.07) is 5.75. The predicted molar refractivity (Wildman–Crippen MR) is 86.4 cm³/mol. The summed E-state index contributed by atoms with van der Waals surface area (Å²) in [5.41, 5.74) is 2.40. The minimum Gasteiger partial charge on any atom is -0.269 e. The zero-order valence-corrected chi connectivity index (χ0v) is 13.4. The second kappa shape index (κ2) is 6.75.